The van der Waals surface area contributed by atoms with Gasteiger partial charge in [0.1, 0.15) is 12.4 Å². The summed E-state index contributed by atoms with van der Waals surface area (Å²) in [5, 5.41) is 1.00. The van der Waals surface area contributed by atoms with E-state index >= 15 is 0 Å². The molecule has 0 bridgehead atoms. The van der Waals surface area contributed by atoms with Crippen molar-refractivity contribution in [3.8, 4) is 5.75 Å². The van der Waals surface area contributed by atoms with Crippen molar-refractivity contribution in [2.75, 3.05) is 33.5 Å². The Labute approximate surface area is 117 Å². The Hall–Kier alpha value is -0.520. The van der Waals surface area contributed by atoms with Gasteiger partial charge in [-0.15, -0.1) is 0 Å². The van der Waals surface area contributed by atoms with Gasteiger partial charge in [0, 0.05) is 24.2 Å². The van der Waals surface area contributed by atoms with E-state index in [1.54, 1.807) is 19.2 Å². The molecule has 18 heavy (non-hydrogen) atoms. The maximum atomic E-state index is 6.05. The minimum absolute atomic E-state index is 0.320. The van der Waals surface area contributed by atoms with Crippen LogP contribution < -0.4 is 10.5 Å². The molecule has 0 fully saturated rings. The summed E-state index contributed by atoms with van der Waals surface area (Å²) in [5.41, 5.74) is 6.40. The Bertz CT molecular complexity index is 375. The molecule has 0 aliphatic heterocycles. The van der Waals surface area contributed by atoms with E-state index in [2.05, 4.69) is 0 Å². The standard InChI is InChI=1S/C12H17Cl2NO3/c1-16-2-3-17-4-5-18-12-9(8-15)6-10(13)7-11(12)14/h6-7H,2-5,8,15H2,1H3. The van der Waals surface area contributed by atoms with Crippen LogP contribution in [-0.2, 0) is 16.0 Å². The highest BCUT2D eigenvalue weighted by atomic mass is 35.5. The van der Waals surface area contributed by atoms with Crippen LogP contribution in [0.5, 0.6) is 5.75 Å². The van der Waals surface area contributed by atoms with Crippen molar-refractivity contribution < 1.29 is 14.2 Å². The van der Waals surface area contributed by atoms with Gasteiger partial charge in [0.25, 0.3) is 0 Å². The molecular weight excluding hydrogens is 277 g/mol. The molecule has 0 aromatic heterocycles. The van der Waals surface area contributed by atoms with Crippen LogP contribution in [0.15, 0.2) is 12.1 Å². The Morgan fingerprint density at radius 3 is 2.50 bits per heavy atom. The molecule has 1 rings (SSSR count). The first-order valence-electron chi connectivity index (χ1n) is 5.56. The van der Waals surface area contributed by atoms with Crippen LogP contribution >= 0.6 is 23.2 Å². The lowest BCUT2D eigenvalue weighted by Crippen LogP contribution is -2.11. The minimum atomic E-state index is 0.320. The third kappa shape index (κ3) is 5.00. The Morgan fingerprint density at radius 1 is 1.11 bits per heavy atom. The summed E-state index contributed by atoms with van der Waals surface area (Å²) < 4.78 is 15.7. The average Bonchev–Trinajstić information content (AvgIpc) is 2.35. The van der Waals surface area contributed by atoms with E-state index in [0.717, 1.165) is 5.56 Å². The van der Waals surface area contributed by atoms with Crippen molar-refractivity contribution in [3.63, 3.8) is 0 Å². The highest BCUT2D eigenvalue weighted by molar-refractivity contribution is 6.35. The molecule has 2 N–H and O–H groups in total. The first-order chi connectivity index (χ1) is 8.69. The fraction of sp³-hybridized carbons (Fsp3) is 0.500. The van der Waals surface area contributed by atoms with Crippen LogP contribution in [0.1, 0.15) is 5.56 Å². The number of nitrogens with two attached hydrogens (primary N) is 1. The van der Waals surface area contributed by atoms with E-state index in [1.165, 1.54) is 0 Å². The van der Waals surface area contributed by atoms with E-state index < -0.39 is 0 Å². The molecule has 0 atom stereocenters. The van der Waals surface area contributed by atoms with Crippen LogP contribution in [0.3, 0.4) is 0 Å². The van der Waals surface area contributed by atoms with E-state index in [4.69, 9.17) is 43.1 Å². The zero-order valence-corrected chi connectivity index (χ0v) is 11.8. The second kappa shape index (κ2) is 8.56. The van der Waals surface area contributed by atoms with E-state index in [0.29, 0.717) is 48.8 Å². The smallest absolute Gasteiger partial charge is 0.142 e. The molecule has 0 aliphatic carbocycles. The van der Waals surface area contributed by atoms with Crippen LogP contribution in [0.2, 0.25) is 10.0 Å². The van der Waals surface area contributed by atoms with Gasteiger partial charge in [0.2, 0.25) is 0 Å². The van der Waals surface area contributed by atoms with Crippen molar-refractivity contribution in [1.29, 1.82) is 0 Å². The van der Waals surface area contributed by atoms with Gasteiger partial charge in [0.05, 0.1) is 24.8 Å². The molecule has 1 aromatic carbocycles. The molecule has 0 saturated carbocycles. The third-order valence-electron chi connectivity index (χ3n) is 2.21. The number of hydrogen-bond donors (Lipinski definition) is 1. The number of hydrogen-bond acceptors (Lipinski definition) is 4. The molecule has 102 valence electrons. The van der Waals surface area contributed by atoms with Crippen molar-refractivity contribution in [2.45, 2.75) is 6.54 Å². The van der Waals surface area contributed by atoms with Gasteiger partial charge in [-0.2, -0.15) is 0 Å². The number of halogens is 2. The summed E-state index contributed by atoms with van der Waals surface area (Å²) in [5.74, 6) is 0.568. The summed E-state index contributed by atoms with van der Waals surface area (Å²) in [6.07, 6.45) is 0. The molecule has 0 saturated heterocycles. The second-order valence-electron chi connectivity index (χ2n) is 3.53. The highest BCUT2D eigenvalue weighted by Crippen LogP contribution is 2.32. The van der Waals surface area contributed by atoms with Crippen LogP contribution in [0.25, 0.3) is 0 Å². The molecule has 0 spiro atoms. The lowest BCUT2D eigenvalue weighted by molar-refractivity contribution is 0.0543. The molecule has 1 aromatic rings. The molecule has 4 nitrogen and oxygen atoms in total. The molecule has 0 unspecified atom stereocenters. The summed E-state index contributed by atoms with van der Waals surface area (Å²) in [6.45, 7) is 2.29. The Kier molecular flexibility index (Phi) is 7.39. The van der Waals surface area contributed by atoms with Gasteiger partial charge in [-0.25, -0.2) is 0 Å². The van der Waals surface area contributed by atoms with Crippen molar-refractivity contribution >= 4 is 23.2 Å². The highest BCUT2D eigenvalue weighted by Gasteiger charge is 2.09. The average molecular weight is 294 g/mol. The lowest BCUT2D eigenvalue weighted by Gasteiger charge is -2.13. The quantitative estimate of drug-likeness (QED) is 0.748. The monoisotopic (exact) mass is 293 g/mol. The van der Waals surface area contributed by atoms with Crippen molar-refractivity contribution in [2.24, 2.45) is 5.73 Å². The lowest BCUT2D eigenvalue weighted by atomic mass is 10.2. The molecule has 0 radical (unpaired) electrons. The second-order valence-corrected chi connectivity index (χ2v) is 4.38. The number of methoxy groups -OCH3 is 1. The summed E-state index contributed by atoms with van der Waals surface area (Å²) in [4.78, 5) is 0. The SMILES string of the molecule is COCCOCCOc1c(Cl)cc(Cl)cc1CN. The Morgan fingerprint density at radius 2 is 1.83 bits per heavy atom. The van der Waals surface area contributed by atoms with E-state index in [9.17, 15) is 0 Å². The third-order valence-corrected chi connectivity index (χ3v) is 2.71. The van der Waals surface area contributed by atoms with Gasteiger partial charge >= 0.3 is 0 Å². The summed E-state index contributed by atoms with van der Waals surface area (Å²) >= 11 is 11.9. The number of rotatable bonds is 8. The number of benzene rings is 1. The maximum Gasteiger partial charge on any atom is 0.142 e. The fourth-order valence-corrected chi connectivity index (χ4v) is 1.96. The summed E-state index contributed by atoms with van der Waals surface area (Å²) in [6, 6.07) is 3.37. The molecular formula is C12H17Cl2NO3. The molecule has 0 heterocycles. The van der Waals surface area contributed by atoms with Crippen LogP contribution in [0, 0.1) is 0 Å². The fourth-order valence-electron chi connectivity index (χ4n) is 1.37. The molecule has 6 heteroatoms. The first-order valence-corrected chi connectivity index (χ1v) is 6.32. The topological polar surface area (TPSA) is 53.7 Å². The maximum absolute atomic E-state index is 6.05. The van der Waals surface area contributed by atoms with Gasteiger partial charge in [-0.3, -0.25) is 0 Å². The summed E-state index contributed by atoms with van der Waals surface area (Å²) in [7, 11) is 1.63. The predicted octanol–water partition coefficient (Wildman–Crippen LogP) is 2.49. The van der Waals surface area contributed by atoms with Gasteiger partial charge in [-0.05, 0) is 12.1 Å². The van der Waals surface area contributed by atoms with E-state index in [-0.39, 0.29) is 0 Å². The zero-order chi connectivity index (χ0) is 13.4. The van der Waals surface area contributed by atoms with E-state index in [1.807, 2.05) is 0 Å². The molecule has 0 aliphatic rings. The predicted molar refractivity (Wildman–Crippen MR) is 72.5 cm³/mol. The van der Waals surface area contributed by atoms with Crippen molar-refractivity contribution in [3.05, 3.63) is 27.7 Å². The minimum Gasteiger partial charge on any atom is -0.489 e. The normalized spacial score (nSPS) is 10.7. The zero-order valence-electron chi connectivity index (χ0n) is 10.2. The van der Waals surface area contributed by atoms with Crippen LogP contribution in [0.4, 0.5) is 0 Å². The van der Waals surface area contributed by atoms with Gasteiger partial charge in [0.15, 0.2) is 0 Å². The molecule has 0 amide bonds. The van der Waals surface area contributed by atoms with Crippen molar-refractivity contribution in [1.82, 2.24) is 0 Å². The largest absolute Gasteiger partial charge is 0.489 e. The van der Waals surface area contributed by atoms with Crippen LogP contribution in [-0.4, -0.2) is 33.5 Å². The Balaban J connectivity index is 2.46. The number of ether oxygens (including phenoxy) is 3. The van der Waals surface area contributed by atoms with Gasteiger partial charge in [-0.1, -0.05) is 23.2 Å². The van der Waals surface area contributed by atoms with Gasteiger partial charge < -0.3 is 19.9 Å². The first kappa shape index (κ1) is 15.5.